The Hall–Kier alpha value is -1.82. The van der Waals surface area contributed by atoms with Crippen LogP contribution in [0.25, 0.3) is 11.3 Å². The fraction of sp³-hybridized carbons (Fsp3) is 0.308. The van der Waals surface area contributed by atoms with Crippen molar-refractivity contribution in [1.29, 1.82) is 0 Å². The highest BCUT2D eigenvalue weighted by atomic mass is 19.1. The Morgan fingerprint density at radius 1 is 1.26 bits per heavy atom. The maximum Gasteiger partial charge on any atom is 0.211 e. The summed E-state index contributed by atoms with van der Waals surface area (Å²) in [5, 5.41) is 3.06. The number of hydrogen-bond donors (Lipinski definition) is 1. The molecule has 0 aliphatic carbocycles. The van der Waals surface area contributed by atoms with Gasteiger partial charge in [0.2, 0.25) is 5.89 Å². The van der Waals surface area contributed by atoms with Crippen LogP contribution in [-0.4, -0.2) is 11.5 Å². The smallest absolute Gasteiger partial charge is 0.211 e. The Kier molecular flexibility index (Phi) is 3.90. The summed E-state index contributed by atoms with van der Waals surface area (Å²) >= 11 is 0. The molecule has 0 saturated heterocycles. The first-order valence-corrected chi connectivity index (χ1v) is 5.87. The van der Waals surface area contributed by atoms with Crippen molar-refractivity contribution in [2.45, 2.75) is 19.9 Å². The van der Waals surface area contributed by atoms with Gasteiger partial charge in [0.1, 0.15) is 17.5 Å². The van der Waals surface area contributed by atoms with Crippen LogP contribution in [0.4, 0.5) is 13.2 Å². The van der Waals surface area contributed by atoms with E-state index in [1.54, 1.807) is 0 Å². The summed E-state index contributed by atoms with van der Waals surface area (Å²) in [5.74, 6) is -2.75. The molecule has 1 heterocycles. The lowest BCUT2D eigenvalue weighted by atomic mass is 10.1. The normalized spacial score (nSPS) is 12.7. The van der Waals surface area contributed by atoms with E-state index in [1.807, 2.05) is 13.8 Å². The van der Waals surface area contributed by atoms with Crippen LogP contribution in [0.5, 0.6) is 0 Å². The third-order valence-electron chi connectivity index (χ3n) is 2.66. The second-order valence-electron chi connectivity index (χ2n) is 4.09. The van der Waals surface area contributed by atoms with Crippen molar-refractivity contribution in [3.63, 3.8) is 0 Å². The predicted molar refractivity (Wildman–Crippen MR) is 63.9 cm³/mol. The van der Waals surface area contributed by atoms with Crippen molar-refractivity contribution in [2.75, 3.05) is 6.54 Å². The minimum absolute atomic E-state index is 0.0604. The first-order chi connectivity index (χ1) is 9.02. The van der Waals surface area contributed by atoms with Crippen LogP contribution in [0.1, 0.15) is 25.8 Å². The minimum atomic E-state index is -1.02. The Balaban J connectivity index is 2.38. The largest absolute Gasteiger partial charge is 0.439 e. The van der Waals surface area contributed by atoms with Gasteiger partial charge >= 0.3 is 0 Å². The lowest BCUT2D eigenvalue weighted by Crippen LogP contribution is -2.17. The highest BCUT2D eigenvalue weighted by molar-refractivity contribution is 5.58. The molecular weight excluding hydrogens is 257 g/mol. The third-order valence-corrected chi connectivity index (χ3v) is 2.66. The van der Waals surface area contributed by atoms with Gasteiger partial charge < -0.3 is 9.73 Å². The molecule has 3 nitrogen and oxygen atoms in total. The molecule has 1 aromatic heterocycles. The van der Waals surface area contributed by atoms with Gasteiger partial charge in [-0.1, -0.05) is 6.92 Å². The van der Waals surface area contributed by atoms with Gasteiger partial charge in [-0.3, -0.25) is 0 Å². The highest BCUT2D eigenvalue weighted by Gasteiger charge is 2.19. The van der Waals surface area contributed by atoms with Crippen LogP contribution in [0.15, 0.2) is 22.7 Å². The lowest BCUT2D eigenvalue weighted by molar-refractivity contribution is 0.425. The molecule has 2 aromatic rings. The van der Waals surface area contributed by atoms with E-state index in [1.165, 1.54) is 6.20 Å². The van der Waals surface area contributed by atoms with Crippen molar-refractivity contribution in [1.82, 2.24) is 10.3 Å². The number of benzene rings is 1. The van der Waals surface area contributed by atoms with Crippen molar-refractivity contribution < 1.29 is 17.6 Å². The van der Waals surface area contributed by atoms with Gasteiger partial charge in [0, 0.05) is 12.1 Å². The molecule has 0 aliphatic heterocycles. The fourth-order valence-corrected chi connectivity index (χ4v) is 1.77. The Morgan fingerprint density at radius 3 is 2.47 bits per heavy atom. The molecule has 19 heavy (non-hydrogen) atoms. The first kappa shape index (κ1) is 13.6. The number of halogens is 3. The summed E-state index contributed by atoms with van der Waals surface area (Å²) in [5.41, 5.74) is -0.413. The van der Waals surface area contributed by atoms with Crippen molar-refractivity contribution in [3.05, 3.63) is 41.7 Å². The van der Waals surface area contributed by atoms with Gasteiger partial charge in [-0.05, 0) is 13.5 Å². The molecule has 6 heteroatoms. The average Bonchev–Trinajstić information content (AvgIpc) is 2.77. The fourth-order valence-electron chi connectivity index (χ4n) is 1.77. The van der Waals surface area contributed by atoms with Gasteiger partial charge in [0.05, 0.1) is 17.8 Å². The molecule has 0 bridgehead atoms. The molecule has 1 aromatic carbocycles. The zero-order valence-electron chi connectivity index (χ0n) is 10.5. The molecule has 2 rings (SSSR count). The molecule has 0 aliphatic rings. The second-order valence-corrected chi connectivity index (χ2v) is 4.09. The minimum Gasteiger partial charge on any atom is -0.439 e. The molecule has 0 fully saturated rings. The van der Waals surface area contributed by atoms with Crippen molar-refractivity contribution >= 4 is 0 Å². The highest BCUT2D eigenvalue weighted by Crippen LogP contribution is 2.28. The van der Waals surface area contributed by atoms with Crippen LogP contribution in [0.2, 0.25) is 0 Å². The van der Waals surface area contributed by atoms with Crippen LogP contribution < -0.4 is 5.32 Å². The number of nitrogens with zero attached hydrogens (tertiary/aromatic N) is 1. The van der Waals surface area contributed by atoms with Crippen molar-refractivity contribution in [2.24, 2.45) is 0 Å². The molecule has 0 radical (unpaired) electrons. The Morgan fingerprint density at radius 2 is 1.89 bits per heavy atom. The predicted octanol–water partition coefficient (Wildman–Crippen LogP) is 3.43. The van der Waals surface area contributed by atoms with Gasteiger partial charge in [0.15, 0.2) is 5.76 Å². The Bertz CT molecular complexity index is 560. The molecule has 0 saturated carbocycles. The van der Waals surface area contributed by atoms with Crippen LogP contribution in [-0.2, 0) is 0 Å². The summed E-state index contributed by atoms with van der Waals surface area (Å²) in [4.78, 5) is 3.96. The number of rotatable bonds is 4. The number of oxazole rings is 1. The van der Waals surface area contributed by atoms with E-state index in [0.29, 0.717) is 24.6 Å². The van der Waals surface area contributed by atoms with E-state index in [0.717, 1.165) is 0 Å². The van der Waals surface area contributed by atoms with Crippen LogP contribution in [0.3, 0.4) is 0 Å². The van der Waals surface area contributed by atoms with Gasteiger partial charge in [-0.15, -0.1) is 0 Å². The maximum atomic E-state index is 13.6. The summed E-state index contributed by atoms with van der Waals surface area (Å²) < 4.78 is 45.3. The molecule has 1 unspecified atom stereocenters. The second kappa shape index (κ2) is 5.44. The Labute approximate surface area is 108 Å². The van der Waals surface area contributed by atoms with Crippen molar-refractivity contribution in [3.8, 4) is 11.3 Å². The topological polar surface area (TPSA) is 38.1 Å². The maximum absolute atomic E-state index is 13.6. The number of nitrogens with one attached hydrogen (secondary N) is 1. The van der Waals surface area contributed by atoms with Crippen LogP contribution >= 0.6 is 0 Å². The van der Waals surface area contributed by atoms with E-state index >= 15 is 0 Å². The molecule has 102 valence electrons. The quantitative estimate of drug-likeness (QED) is 0.925. The monoisotopic (exact) mass is 270 g/mol. The molecule has 1 atom stereocenters. The first-order valence-electron chi connectivity index (χ1n) is 5.87. The zero-order valence-corrected chi connectivity index (χ0v) is 10.5. The van der Waals surface area contributed by atoms with E-state index in [9.17, 15) is 13.2 Å². The van der Waals surface area contributed by atoms with E-state index < -0.39 is 23.0 Å². The summed E-state index contributed by atoms with van der Waals surface area (Å²) in [6.45, 7) is 4.44. The SMILES string of the molecule is CCNC(C)c1ncc(-c2c(F)cc(F)cc2F)o1. The standard InChI is InChI=1S/C13H13F3N2O/c1-3-17-7(2)13-18-6-11(19-13)12-9(15)4-8(14)5-10(12)16/h4-7,17H,3H2,1-2H3. The van der Waals surface area contributed by atoms with Gasteiger partial charge in [0.25, 0.3) is 0 Å². The summed E-state index contributed by atoms with van der Waals surface area (Å²) in [7, 11) is 0. The van der Waals surface area contributed by atoms with Crippen LogP contribution in [0, 0.1) is 17.5 Å². The van der Waals surface area contributed by atoms with E-state index in [4.69, 9.17) is 4.42 Å². The van der Waals surface area contributed by atoms with E-state index in [-0.39, 0.29) is 11.8 Å². The van der Waals surface area contributed by atoms with E-state index in [2.05, 4.69) is 10.3 Å². The number of hydrogen-bond acceptors (Lipinski definition) is 3. The molecule has 0 spiro atoms. The third kappa shape index (κ3) is 2.78. The lowest BCUT2D eigenvalue weighted by Gasteiger charge is -2.07. The summed E-state index contributed by atoms with van der Waals surface area (Å²) in [6, 6.07) is 1.04. The molecule has 1 N–H and O–H groups in total. The average molecular weight is 270 g/mol. The number of aromatic nitrogens is 1. The zero-order chi connectivity index (χ0) is 14.0. The van der Waals surface area contributed by atoms with Gasteiger partial charge in [-0.2, -0.15) is 0 Å². The van der Waals surface area contributed by atoms with Gasteiger partial charge in [-0.25, -0.2) is 18.2 Å². The molecule has 0 amide bonds. The summed E-state index contributed by atoms with van der Waals surface area (Å²) in [6.07, 6.45) is 1.22. The molecular formula is C13H13F3N2O.